The van der Waals surface area contributed by atoms with Gasteiger partial charge in [0.25, 0.3) is 11.8 Å². The van der Waals surface area contributed by atoms with Crippen LogP contribution in [0.5, 0.6) is 5.75 Å². The largest absolute Gasteiger partial charge is 0.484 e. The number of nitrogens with one attached hydrogen (secondary N) is 1. The highest BCUT2D eigenvalue weighted by molar-refractivity contribution is 9.10. The molecule has 0 aliphatic heterocycles. The summed E-state index contributed by atoms with van der Waals surface area (Å²) in [6, 6.07) is 18.1. The zero-order valence-electron chi connectivity index (χ0n) is 15.1. The molecule has 0 unspecified atom stereocenters. The fraction of sp³-hybridized carbons (Fsp3) is 0.0476. The number of ether oxygens (including phenoxy) is 1. The number of aromatic nitrogens is 3. The Hall–Kier alpha value is -3.52. The Balaban J connectivity index is 1.48. The Bertz CT molecular complexity index is 1110. The highest BCUT2D eigenvalue weighted by atomic mass is 79.9. The van der Waals surface area contributed by atoms with Crippen LogP contribution in [0.4, 0.5) is 5.69 Å². The summed E-state index contributed by atoms with van der Waals surface area (Å²) in [4.78, 5) is 20.8. The van der Waals surface area contributed by atoms with Gasteiger partial charge < -0.3 is 14.6 Å². The number of carbonyl (C=O) groups is 1. The maximum absolute atomic E-state index is 12.3. The first-order valence-corrected chi connectivity index (χ1v) is 9.50. The number of amides is 1. The lowest BCUT2D eigenvalue weighted by atomic mass is 10.1. The summed E-state index contributed by atoms with van der Waals surface area (Å²) in [7, 11) is 0. The van der Waals surface area contributed by atoms with Gasteiger partial charge in [0.1, 0.15) is 5.75 Å². The van der Waals surface area contributed by atoms with E-state index in [1.807, 2.05) is 30.3 Å². The molecule has 2 heterocycles. The summed E-state index contributed by atoms with van der Waals surface area (Å²) >= 11 is 3.36. The Morgan fingerprint density at radius 3 is 2.69 bits per heavy atom. The van der Waals surface area contributed by atoms with Crippen molar-refractivity contribution < 1.29 is 14.1 Å². The molecule has 2 aromatic carbocycles. The molecule has 0 fully saturated rings. The van der Waals surface area contributed by atoms with Crippen molar-refractivity contribution >= 4 is 27.5 Å². The molecule has 0 aliphatic carbocycles. The lowest BCUT2D eigenvalue weighted by Crippen LogP contribution is -2.20. The first-order chi connectivity index (χ1) is 14.2. The van der Waals surface area contributed by atoms with Gasteiger partial charge in [-0.1, -0.05) is 33.2 Å². The Labute approximate surface area is 174 Å². The van der Waals surface area contributed by atoms with Gasteiger partial charge in [0.15, 0.2) is 6.61 Å². The number of nitrogens with zero attached hydrogens (tertiary/aromatic N) is 3. The minimum atomic E-state index is -0.299. The van der Waals surface area contributed by atoms with Gasteiger partial charge in [-0.05, 0) is 48.5 Å². The first-order valence-electron chi connectivity index (χ1n) is 8.71. The monoisotopic (exact) mass is 450 g/mol. The van der Waals surface area contributed by atoms with Crippen molar-refractivity contribution in [1.82, 2.24) is 15.1 Å². The predicted molar refractivity (Wildman–Crippen MR) is 111 cm³/mol. The van der Waals surface area contributed by atoms with Crippen molar-refractivity contribution in [2.75, 3.05) is 11.9 Å². The number of rotatable bonds is 6. The van der Waals surface area contributed by atoms with Gasteiger partial charge in [-0.3, -0.25) is 9.78 Å². The van der Waals surface area contributed by atoms with Gasteiger partial charge in [-0.25, -0.2) is 0 Å². The van der Waals surface area contributed by atoms with Crippen LogP contribution in [0.15, 0.2) is 82.1 Å². The number of para-hydroxylation sites is 1. The second-order valence-corrected chi connectivity index (χ2v) is 6.92. The van der Waals surface area contributed by atoms with Crippen LogP contribution in [0, 0.1) is 0 Å². The summed E-state index contributed by atoms with van der Waals surface area (Å²) in [5.41, 5.74) is 1.91. The molecular weight excluding hydrogens is 436 g/mol. The van der Waals surface area contributed by atoms with Gasteiger partial charge >= 0.3 is 0 Å². The van der Waals surface area contributed by atoms with Crippen LogP contribution in [0.1, 0.15) is 0 Å². The third-order valence-corrected chi connectivity index (χ3v) is 4.49. The quantitative estimate of drug-likeness (QED) is 0.462. The smallest absolute Gasteiger partial charge is 0.262 e. The fourth-order valence-corrected chi connectivity index (χ4v) is 2.85. The standard InChI is InChI=1S/C21H15BrN4O3/c22-15-7-9-16(10-8-15)28-13-19(27)24-18-6-2-1-5-17(18)21-25-20(26-29-21)14-4-3-11-23-12-14/h1-12H,13H2,(H,24,27). The van der Waals surface area contributed by atoms with Crippen LogP contribution in [-0.2, 0) is 4.79 Å². The van der Waals surface area contributed by atoms with Crippen molar-refractivity contribution in [3.05, 3.63) is 77.5 Å². The number of carbonyl (C=O) groups excluding carboxylic acids is 1. The van der Waals surface area contributed by atoms with Crippen LogP contribution in [0.25, 0.3) is 22.8 Å². The molecule has 0 radical (unpaired) electrons. The highest BCUT2D eigenvalue weighted by Gasteiger charge is 2.15. The van der Waals surface area contributed by atoms with E-state index in [9.17, 15) is 4.79 Å². The van der Waals surface area contributed by atoms with Crippen molar-refractivity contribution in [3.8, 4) is 28.6 Å². The molecule has 0 spiro atoms. The van der Waals surface area contributed by atoms with E-state index in [-0.39, 0.29) is 12.5 Å². The number of pyridine rings is 1. The molecule has 29 heavy (non-hydrogen) atoms. The van der Waals surface area contributed by atoms with Gasteiger partial charge in [-0.2, -0.15) is 4.98 Å². The minimum Gasteiger partial charge on any atom is -0.484 e. The SMILES string of the molecule is O=C(COc1ccc(Br)cc1)Nc1ccccc1-c1nc(-c2cccnc2)no1. The maximum atomic E-state index is 12.3. The molecule has 4 aromatic rings. The van der Waals surface area contributed by atoms with E-state index >= 15 is 0 Å². The summed E-state index contributed by atoms with van der Waals surface area (Å²) in [5, 5.41) is 6.83. The number of halogens is 1. The van der Waals surface area contributed by atoms with E-state index in [0.717, 1.165) is 10.0 Å². The number of hydrogen-bond acceptors (Lipinski definition) is 6. The Kier molecular flexibility index (Phi) is 5.62. The van der Waals surface area contributed by atoms with E-state index in [4.69, 9.17) is 9.26 Å². The van der Waals surface area contributed by atoms with Crippen molar-refractivity contribution in [3.63, 3.8) is 0 Å². The van der Waals surface area contributed by atoms with E-state index in [1.165, 1.54) is 0 Å². The molecule has 1 amide bonds. The highest BCUT2D eigenvalue weighted by Crippen LogP contribution is 2.28. The maximum Gasteiger partial charge on any atom is 0.262 e. The zero-order valence-corrected chi connectivity index (χ0v) is 16.7. The molecular formula is C21H15BrN4O3. The third-order valence-electron chi connectivity index (χ3n) is 3.96. The average molecular weight is 451 g/mol. The van der Waals surface area contributed by atoms with Gasteiger partial charge in [-0.15, -0.1) is 0 Å². The van der Waals surface area contributed by atoms with Gasteiger partial charge in [0, 0.05) is 22.4 Å². The summed E-state index contributed by atoms with van der Waals surface area (Å²) in [6.07, 6.45) is 3.33. The summed E-state index contributed by atoms with van der Waals surface area (Å²) < 4.78 is 11.8. The Morgan fingerprint density at radius 1 is 1.07 bits per heavy atom. The number of hydrogen-bond donors (Lipinski definition) is 1. The molecule has 4 rings (SSSR count). The molecule has 0 aliphatic rings. The topological polar surface area (TPSA) is 90.1 Å². The van der Waals surface area contributed by atoms with E-state index in [0.29, 0.717) is 28.7 Å². The second kappa shape index (κ2) is 8.66. The van der Waals surface area contributed by atoms with E-state index in [2.05, 4.69) is 36.4 Å². The number of anilines is 1. The van der Waals surface area contributed by atoms with Gasteiger partial charge in [0.2, 0.25) is 5.82 Å². The summed E-state index contributed by atoms with van der Waals surface area (Å²) in [5.74, 6) is 1.03. The molecule has 0 atom stereocenters. The van der Waals surface area contributed by atoms with Crippen LogP contribution in [-0.4, -0.2) is 27.6 Å². The molecule has 0 bridgehead atoms. The molecule has 144 valence electrons. The van der Waals surface area contributed by atoms with E-state index < -0.39 is 0 Å². The van der Waals surface area contributed by atoms with E-state index in [1.54, 1.807) is 42.7 Å². The fourth-order valence-electron chi connectivity index (χ4n) is 2.59. The third kappa shape index (κ3) is 4.67. The van der Waals surface area contributed by atoms with Crippen LogP contribution < -0.4 is 10.1 Å². The number of benzene rings is 2. The van der Waals surface area contributed by atoms with Crippen LogP contribution in [0.3, 0.4) is 0 Å². The molecule has 7 nitrogen and oxygen atoms in total. The predicted octanol–water partition coefficient (Wildman–Crippen LogP) is 4.58. The van der Waals surface area contributed by atoms with Crippen LogP contribution >= 0.6 is 15.9 Å². The van der Waals surface area contributed by atoms with Crippen LogP contribution in [0.2, 0.25) is 0 Å². The first kappa shape index (κ1) is 18.8. The van der Waals surface area contributed by atoms with Crippen molar-refractivity contribution in [2.45, 2.75) is 0 Å². The van der Waals surface area contributed by atoms with Crippen molar-refractivity contribution in [1.29, 1.82) is 0 Å². The zero-order chi connectivity index (χ0) is 20.1. The lowest BCUT2D eigenvalue weighted by Gasteiger charge is -2.09. The normalized spacial score (nSPS) is 10.5. The minimum absolute atomic E-state index is 0.124. The molecule has 2 aromatic heterocycles. The molecule has 1 N–H and O–H groups in total. The summed E-state index contributed by atoms with van der Waals surface area (Å²) in [6.45, 7) is -0.124. The van der Waals surface area contributed by atoms with Crippen molar-refractivity contribution in [2.24, 2.45) is 0 Å². The average Bonchev–Trinajstić information content (AvgIpc) is 3.24. The van der Waals surface area contributed by atoms with Gasteiger partial charge in [0.05, 0.1) is 11.3 Å². The lowest BCUT2D eigenvalue weighted by molar-refractivity contribution is -0.118. The molecule has 0 saturated carbocycles. The molecule has 8 heteroatoms. The molecule has 0 saturated heterocycles. The Morgan fingerprint density at radius 2 is 1.90 bits per heavy atom. The second-order valence-electron chi connectivity index (χ2n) is 6.00.